The lowest BCUT2D eigenvalue weighted by atomic mass is 9.91. The Morgan fingerprint density at radius 1 is 0.535 bits per heavy atom. The van der Waals surface area contributed by atoms with Gasteiger partial charge in [-0.2, -0.15) is 0 Å². The third kappa shape index (κ3) is 5.91. The average molecular weight is 565 g/mol. The number of ether oxygens (including phenoxy) is 2. The molecule has 7 rings (SSSR count). The van der Waals surface area contributed by atoms with Gasteiger partial charge in [0.1, 0.15) is 6.61 Å². The van der Waals surface area contributed by atoms with Crippen LogP contribution in [0.25, 0.3) is 43.1 Å². The Kier molecular flexibility index (Phi) is 8.28. The fourth-order valence-electron chi connectivity index (χ4n) is 5.52. The molecule has 0 aliphatic carbocycles. The van der Waals surface area contributed by atoms with Crippen LogP contribution < -0.4 is 0 Å². The van der Waals surface area contributed by atoms with Gasteiger partial charge in [-0.15, -0.1) is 0 Å². The normalized spacial score (nSPS) is 11.0. The van der Waals surface area contributed by atoms with Gasteiger partial charge in [-0.3, -0.25) is 0 Å². The monoisotopic (exact) mass is 564 g/mol. The molecule has 0 N–H and O–H groups in total. The van der Waals surface area contributed by atoms with Crippen LogP contribution in [-0.4, -0.2) is 18.5 Å². The van der Waals surface area contributed by atoms with E-state index in [0.717, 1.165) is 18.4 Å². The van der Waals surface area contributed by atoms with Crippen molar-refractivity contribution in [3.63, 3.8) is 0 Å². The van der Waals surface area contributed by atoms with Crippen molar-refractivity contribution in [1.29, 1.82) is 0 Å². The molecule has 0 fully saturated rings. The number of hydrogen-bond donors (Lipinski definition) is 0. The van der Waals surface area contributed by atoms with Crippen molar-refractivity contribution in [1.82, 2.24) is 0 Å². The Morgan fingerprint density at radius 2 is 1.14 bits per heavy atom. The number of benzene rings is 7. The highest BCUT2D eigenvalue weighted by Crippen LogP contribution is 2.38. The Balaban J connectivity index is 0.000000154. The van der Waals surface area contributed by atoms with E-state index >= 15 is 0 Å². The first-order valence-corrected chi connectivity index (χ1v) is 14.7. The van der Waals surface area contributed by atoms with E-state index in [1.54, 1.807) is 24.3 Å². The quantitative estimate of drug-likeness (QED) is 0.0837. The fourth-order valence-corrected chi connectivity index (χ4v) is 5.52. The summed E-state index contributed by atoms with van der Waals surface area (Å²) in [5.41, 5.74) is 1.36. The molecule has 0 saturated heterocycles. The van der Waals surface area contributed by atoms with Crippen LogP contribution in [0.1, 0.15) is 46.0 Å². The highest BCUT2D eigenvalue weighted by atomic mass is 16.5. The molecule has 0 aliphatic rings. The lowest BCUT2D eigenvalue weighted by Gasteiger charge is -2.12. The van der Waals surface area contributed by atoms with Crippen LogP contribution >= 0.6 is 0 Å². The highest BCUT2D eigenvalue weighted by Gasteiger charge is 2.19. The largest absolute Gasteiger partial charge is 0.462 e. The van der Waals surface area contributed by atoms with E-state index < -0.39 is 11.9 Å². The molecule has 212 valence electrons. The zero-order valence-electron chi connectivity index (χ0n) is 24.1. The lowest BCUT2D eigenvalue weighted by Crippen LogP contribution is -2.14. The number of esters is 2. The van der Waals surface area contributed by atoms with Crippen molar-refractivity contribution >= 4 is 55.0 Å². The van der Waals surface area contributed by atoms with Gasteiger partial charge in [-0.1, -0.05) is 123 Å². The van der Waals surface area contributed by atoms with E-state index in [9.17, 15) is 9.59 Å². The summed E-state index contributed by atoms with van der Waals surface area (Å²) in [6.45, 7) is 2.53. The maximum Gasteiger partial charge on any atom is 0.339 e. The van der Waals surface area contributed by atoms with E-state index in [2.05, 4.69) is 72.8 Å². The molecule has 0 saturated carbocycles. The predicted molar refractivity (Wildman–Crippen MR) is 175 cm³/mol. The molecule has 0 aromatic heterocycles. The molecule has 0 unspecified atom stereocenters. The highest BCUT2D eigenvalue weighted by molar-refractivity contribution is 6.28. The van der Waals surface area contributed by atoms with E-state index in [4.69, 9.17) is 9.47 Å². The molecule has 0 amide bonds. The summed E-state index contributed by atoms with van der Waals surface area (Å²) < 4.78 is 10.5. The van der Waals surface area contributed by atoms with Gasteiger partial charge in [0, 0.05) is 0 Å². The smallest absolute Gasteiger partial charge is 0.339 e. The van der Waals surface area contributed by atoms with E-state index in [1.165, 1.54) is 43.1 Å². The summed E-state index contributed by atoms with van der Waals surface area (Å²) >= 11 is 0. The van der Waals surface area contributed by atoms with Gasteiger partial charge in [-0.05, 0) is 73.3 Å². The first-order chi connectivity index (χ1) is 21.1. The van der Waals surface area contributed by atoms with E-state index in [0.29, 0.717) is 6.61 Å². The topological polar surface area (TPSA) is 52.6 Å². The second kappa shape index (κ2) is 12.7. The van der Waals surface area contributed by atoms with Crippen molar-refractivity contribution < 1.29 is 19.1 Å². The number of unbranched alkanes of at least 4 members (excludes halogenated alkanes) is 1. The molecule has 0 spiro atoms. The number of fused-ring (bicyclic) bond motifs is 2. The van der Waals surface area contributed by atoms with Gasteiger partial charge in [0.15, 0.2) is 0 Å². The molecule has 0 heterocycles. The van der Waals surface area contributed by atoms with Crippen LogP contribution in [0.3, 0.4) is 0 Å². The number of carbonyl (C=O) groups is 2. The van der Waals surface area contributed by atoms with Crippen LogP contribution in [0.4, 0.5) is 0 Å². The minimum atomic E-state index is -0.531. The Labute approximate surface area is 250 Å². The zero-order chi connectivity index (χ0) is 29.6. The lowest BCUT2D eigenvalue weighted by molar-refractivity contribution is 0.0437. The molecule has 0 atom stereocenters. The van der Waals surface area contributed by atoms with Crippen LogP contribution in [0, 0.1) is 0 Å². The fraction of sp³-hybridized carbons (Fsp3) is 0.128. The molecule has 4 heteroatoms. The minimum absolute atomic E-state index is 0.166. The van der Waals surface area contributed by atoms with Gasteiger partial charge in [-0.25, -0.2) is 9.59 Å². The molecule has 7 aromatic carbocycles. The Hall–Kier alpha value is -5.22. The van der Waals surface area contributed by atoms with Crippen LogP contribution in [-0.2, 0) is 16.1 Å². The minimum Gasteiger partial charge on any atom is -0.462 e. The van der Waals surface area contributed by atoms with Crippen LogP contribution in [0.2, 0.25) is 0 Å². The second-order valence-corrected chi connectivity index (χ2v) is 10.6. The predicted octanol–water partition coefficient (Wildman–Crippen LogP) is 9.74. The Morgan fingerprint density at radius 3 is 1.88 bits per heavy atom. The van der Waals surface area contributed by atoms with E-state index in [1.807, 2.05) is 37.3 Å². The van der Waals surface area contributed by atoms with Gasteiger partial charge >= 0.3 is 11.9 Å². The molecular formula is C39H32O4. The molecule has 7 aromatic rings. The van der Waals surface area contributed by atoms with Crippen LogP contribution in [0.5, 0.6) is 0 Å². The van der Waals surface area contributed by atoms with Gasteiger partial charge in [0.2, 0.25) is 0 Å². The molecule has 4 nitrogen and oxygen atoms in total. The van der Waals surface area contributed by atoms with Crippen LogP contribution in [0.15, 0.2) is 127 Å². The van der Waals surface area contributed by atoms with Gasteiger partial charge in [0.25, 0.3) is 0 Å². The number of hydrogen-bond acceptors (Lipinski definition) is 4. The summed E-state index contributed by atoms with van der Waals surface area (Å²) in [5, 5.41) is 10.8. The van der Waals surface area contributed by atoms with Crippen molar-refractivity contribution in [2.24, 2.45) is 0 Å². The summed E-state index contributed by atoms with van der Waals surface area (Å²) in [6.07, 6.45) is 1.74. The summed E-state index contributed by atoms with van der Waals surface area (Å²) in [7, 11) is 0. The molecule has 0 bridgehead atoms. The van der Waals surface area contributed by atoms with Crippen molar-refractivity contribution in [3.05, 3.63) is 144 Å². The summed E-state index contributed by atoms with van der Waals surface area (Å²) in [6, 6.07) is 42.5. The van der Waals surface area contributed by atoms with Gasteiger partial charge < -0.3 is 9.47 Å². The zero-order valence-corrected chi connectivity index (χ0v) is 24.1. The third-order valence-electron chi connectivity index (χ3n) is 7.68. The van der Waals surface area contributed by atoms with Crippen molar-refractivity contribution in [2.45, 2.75) is 26.4 Å². The van der Waals surface area contributed by atoms with Crippen molar-refractivity contribution in [2.75, 3.05) is 6.61 Å². The number of carbonyl (C=O) groups excluding carboxylic acids is 2. The molecule has 0 aliphatic heterocycles. The molecular weight excluding hydrogens is 532 g/mol. The maximum absolute atomic E-state index is 12.2. The standard InChI is InChI=1S/C20H12.C19H20O4/c1-2-7-17-15(4-1)12-16-9-8-13-5-3-6-14-10-11-18(17)20(16)19(13)14;1-2-3-13-22-18(20)16-11-7-8-12-17(16)19(21)23-14-15-9-5-4-6-10-15/h1-12H;4-12H,2-3,13-14H2,1H3. The number of rotatable bonds is 7. The first-order valence-electron chi connectivity index (χ1n) is 14.7. The average Bonchev–Trinajstić information content (AvgIpc) is 3.06. The van der Waals surface area contributed by atoms with E-state index in [-0.39, 0.29) is 17.7 Å². The molecule has 43 heavy (non-hydrogen) atoms. The first kappa shape index (κ1) is 27.9. The molecule has 0 radical (unpaired) electrons. The third-order valence-corrected chi connectivity index (χ3v) is 7.68. The summed E-state index contributed by atoms with van der Waals surface area (Å²) in [5.74, 6) is -1.03. The maximum atomic E-state index is 12.2. The van der Waals surface area contributed by atoms with Gasteiger partial charge in [0.05, 0.1) is 17.7 Å². The second-order valence-electron chi connectivity index (χ2n) is 10.6. The summed E-state index contributed by atoms with van der Waals surface area (Å²) in [4.78, 5) is 24.3. The van der Waals surface area contributed by atoms with Crippen molar-refractivity contribution in [3.8, 4) is 0 Å². The Bertz CT molecular complexity index is 2010. The SMILES string of the molecule is CCCCOC(=O)c1ccccc1C(=O)OCc1ccccc1.c1ccc2c(c1)cc1ccc3cccc4ccc2c1c34.